The number of nitrogens with zero attached hydrogens (tertiary/aromatic N) is 3. The van der Waals surface area contributed by atoms with Gasteiger partial charge < -0.3 is 5.32 Å². The number of carbonyl (C=O) groups excluding carboxylic acids is 3. The number of halogens is 1. The van der Waals surface area contributed by atoms with E-state index >= 15 is 0 Å². The number of fused-ring (bicyclic) bond motifs is 1. The Bertz CT molecular complexity index is 1490. The highest BCUT2D eigenvalue weighted by Crippen LogP contribution is 2.33. The van der Waals surface area contributed by atoms with Crippen molar-refractivity contribution in [3.8, 4) is 5.69 Å². The maximum Gasteiger partial charge on any atom is 0.293 e. The van der Waals surface area contributed by atoms with Gasteiger partial charge in [0.2, 0.25) is 0 Å². The Hall–Kier alpha value is -3.76. The first-order chi connectivity index (χ1) is 16.9. The summed E-state index contributed by atoms with van der Waals surface area (Å²) < 4.78 is 15.7. The van der Waals surface area contributed by atoms with Gasteiger partial charge in [-0.25, -0.2) is 9.07 Å². The molecule has 0 unspecified atom stereocenters. The molecule has 10 heteroatoms. The van der Waals surface area contributed by atoms with E-state index in [2.05, 4.69) is 10.4 Å². The van der Waals surface area contributed by atoms with Gasteiger partial charge in [0.25, 0.3) is 17.1 Å². The second-order valence-electron chi connectivity index (χ2n) is 7.77. The number of nitrogens with one attached hydrogen (secondary N) is 1. The van der Waals surface area contributed by atoms with Crippen molar-refractivity contribution < 1.29 is 18.8 Å². The summed E-state index contributed by atoms with van der Waals surface area (Å²) in [5.74, 6) is -1.27. The van der Waals surface area contributed by atoms with Crippen LogP contribution < -0.4 is 5.32 Å². The number of aryl methyl sites for hydroxylation is 1. The third-order valence-corrected chi connectivity index (χ3v) is 7.47. The lowest BCUT2D eigenvalue weighted by Gasteiger charge is -2.12. The maximum absolute atomic E-state index is 13.9. The zero-order valence-electron chi connectivity index (χ0n) is 18.5. The summed E-state index contributed by atoms with van der Waals surface area (Å²) in [4.78, 5) is 40.3. The van der Waals surface area contributed by atoms with Crippen LogP contribution >= 0.6 is 23.1 Å². The Morgan fingerprint density at radius 2 is 1.86 bits per heavy atom. The van der Waals surface area contributed by atoms with Gasteiger partial charge in [0, 0.05) is 24.0 Å². The summed E-state index contributed by atoms with van der Waals surface area (Å²) in [6, 6.07) is 17.5. The number of imide groups is 1. The molecule has 1 saturated heterocycles. The molecule has 7 nitrogen and oxygen atoms in total. The fraction of sp³-hybridized carbons (Fsp3) is 0.120. The van der Waals surface area contributed by atoms with E-state index in [0.29, 0.717) is 4.88 Å². The van der Waals surface area contributed by atoms with Crippen molar-refractivity contribution >= 4 is 56.4 Å². The summed E-state index contributed by atoms with van der Waals surface area (Å²) in [7, 11) is 0. The molecule has 0 aliphatic carbocycles. The minimum atomic E-state index is -0.502. The van der Waals surface area contributed by atoms with Crippen molar-refractivity contribution in [3.63, 3.8) is 0 Å². The number of carbonyl (C=O) groups is 3. The van der Waals surface area contributed by atoms with Crippen LogP contribution in [0.3, 0.4) is 0 Å². The van der Waals surface area contributed by atoms with Crippen molar-refractivity contribution in [3.05, 3.63) is 87.5 Å². The van der Waals surface area contributed by atoms with Crippen LogP contribution in [0.25, 0.3) is 22.0 Å². The van der Waals surface area contributed by atoms with Gasteiger partial charge >= 0.3 is 0 Å². The van der Waals surface area contributed by atoms with E-state index in [0.717, 1.165) is 38.3 Å². The highest BCUT2D eigenvalue weighted by atomic mass is 32.2. The number of benzene rings is 2. The molecule has 5 rings (SSSR count). The molecule has 176 valence electrons. The van der Waals surface area contributed by atoms with Crippen LogP contribution in [0.5, 0.6) is 0 Å². The Morgan fingerprint density at radius 1 is 1.11 bits per heavy atom. The molecular formula is C25H19FN4O3S2. The predicted octanol–water partition coefficient (Wildman–Crippen LogP) is 5.00. The van der Waals surface area contributed by atoms with Gasteiger partial charge in [-0.1, -0.05) is 36.4 Å². The monoisotopic (exact) mass is 506 g/mol. The predicted molar refractivity (Wildman–Crippen MR) is 135 cm³/mol. The van der Waals surface area contributed by atoms with Crippen LogP contribution in [0.2, 0.25) is 0 Å². The number of hydrogen-bond acceptors (Lipinski definition) is 6. The van der Waals surface area contributed by atoms with Gasteiger partial charge in [-0.15, -0.1) is 11.3 Å². The van der Waals surface area contributed by atoms with Crippen LogP contribution in [0.1, 0.15) is 20.9 Å². The minimum Gasteiger partial charge on any atom is -0.350 e. The van der Waals surface area contributed by atoms with Crippen molar-refractivity contribution in [2.24, 2.45) is 0 Å². The molecule has 3 heterocycles. The molecule has 35 heavy (non-hydrogen) atoms. The van der Waals surface area contributed by atoms with E-state index in [9.17, 15) is 18.8 Å². The van der Waals surface area contributed by atoms with Gasteiger partial charge in [0.1, 0.15) is 10.6 Å². The van der Waals surface area contributed by atoms with Gasteiger partial charge in [-0.3, -0.25) is 19.3 Å². The smallest absolute Gasteiger partial charge is 0.293 e. The number of aromatic nitrogens is 2. The summed E-state index contributed by atoms with van der Waals surface area (Å²) in [5, 5.41) is 7.80. The van der Waals surface area contributed by atoms with Crippen LogP contribution in [0.15, 0.2) is 65.6 Å². The van der Waals surface area contributed by atoms with Crippen LogP contribution in [0, 0.1) is 12.7 Å². The zero-order valence-corrected chi connectivity index (χ0v) is 20.2. The molecule has 1 N–H and O–H groups in total. The Kier molecular flexibility index (Phi) is 6.23. The Balaban J connectivity index is 1.25. The van der Waals surface area contributed by atoms with Crippen molar-refractivity contribution in [1.82, 2.24) is 20.0 Å². The molecule has 0 saturated carbocycles. The number of thioether (sulfide) groups is 1. The maximum atomic E-state index is 13.9. The first kappa shape index (κ1) is 23.0. The molecule has 3 amide bonds. The van der Waals surface area contributed by atoms with Gasteiger partial charge in [-0.2, -0.15) is 5.10 Å². The number of amides is 3. The SMILES string of the molecule is Cc1nn(-c2ccccc2)c2sc(C(=O)NCCN3C(=O)SC(=Cc4ccccc4F)C3=O)cc12. The van der Waals surface area contributed by atoms with E-state index < -0.39 is 17.0 Å². The van der Waals surface area contributed by atoms with Gasteiger partial charge in [-0.05, 0) is 49.0 Å². The second-order valence-corrected chi connectivity index (χ2v) is 9.80. The molecule has 1 aliphatic rings. The van der Waals surface area contributed by atoms with Gasteiger partial charge in [0.15, 0.2) is 0 Å². The normalized spacial score (nSPS) is 14.9. The lowest BCUT2D eigenvalue weighted by molar-refractivity contribution is -0.122. The summed E-state index contributed by atoms with van der Waals surface area (Å²) in [5.41, 5.74) is 1.96. The largest absolute Gasteiger partial charge is 0.350 e. The minimum absolute atomic E-state index is 0.0206. The fourth-order valence-electron chi connectivity index (χ4n) is 3.70. The van der Waals surface area contributed by atoms with Crippen molar-refractivity contribution in [2.75, 3.05) is 13.1 Å². The molecule has 1 aliphatic heterocycles. The standard InChI is InChI=1S/C25H19FN4O3S2/c1-15-18-14-20(34-24(18)30(28-15)17-8-3-2-4-9-17)22(31)27-11-12-29-23(32)21(35-25(29)33)13-16-7-5-6-10-19(16)26/h2-10,13-14H,11-12H2,1H3,(H,27,31). The van der Waals surface area contributed by atoms with E-state index in [1.54, 1.807) is 18.2 Å². The first-order valence-electron chi connectivity index (χ1n) is 10.7. The van der Waals surface area contributed by atoms with Crippen LogP contribution in [-0.4, -0.2) is 44.8 Å². The fourth-order valence-corrected chi connectivity index (χ4v) is 5.65. The van der Waals surface area contributed by atoms with Crippen LogP contribution in [-0.2, 0) is 4.79 Å². The lowest BCUT2D eigenvalue weighted by atomic mass is 10.2. The average Bonchev–Trinajstić information content (AvgIpc) is 3.50. The van der Waals surface area contributed by atoms with E-state index in [1.165, 1.54) is 29.5 Å². The van der Waals surface area contributed by atoms with E-state index in [4.69, 9.17) is 0 Å². The zero-order chi connectivity index (χ0) is 24.5. The molecule has 4 aromatic rings. The number of hydrogen-bond donors (Lipinski definition) is 1. The van der Waals surface area contributed by atoms with E-state index in [1.807, 2.05) is 41.9 Å². The Labute approximate surface area is 208 Å². The third-order valence-electron chi connectivity index (χ3n) is 5.46. The number of rotatable bonds is 6. The average molecular weight is 507 g/mol. The topological polar surface area (TPSA) is 84.3 Å². The summed E-state index contributed by atoms with van der Waals surface area (Å²) in [6.07, 6.45) is 1.37. The van der Waals surface area contributed by atoms with Crippen molar-refractivity contribution in [2.45, 2.75) is 6.92 Å². The molecular weight excluding hydrogens is 487 g/mol. The highest BCUT2D eigenvalue weighted by Gasteiger charge is 2.34. The highest BCUT2D eigenvalue weighted by molar-refractivity contribution is 8.18. The molecule has 0 bridgehead atoms. The van der Waals surface area contributed by atoms with Crippen molar-refractivity contribution in [1.29, 1.82) is 0 Å². The molecule has 1 fully saturated rings. The first-order valence-corrected chi connectivity index (χ1v) is 12.4. The molecule has 0 spiro atoms. The quantitative estimate of drug-likeness (QED) is 0.372. The van der Waals surface area contributed by atoms with E-state index in [-0.39, 0.29) is 29.5 Å². The number of thiophene rings is 1. The molecule has 0 atom stereocenters. The lowest BCUT2D eigenvalue weighted by Crippen LogP contribution is -2.37. The molecule has 2 aromatic carbocycles. The molecule has 2 aromatic heterocycles. The van der Waals surface area contributed by atoms with Gasteiger partial charge in [0.05, 0.1) is 21.2 Å². The van der Waals surface area contributed by atoms with Crippen LogP contribution in [0.4, 0.5) is 9.18 Å². The summed E-state index contributed by atoms with van der Waals surface area (Å²) >= 11 is 2.08. The number of para-hydroxylation sites is 1. The third kappa shape index (κ3) is 4.50. The Morgan fingerprint density at radius 3 is 2.63 bits per heavy atom. The second kappa shape index (κ2) is 9.47. The molecule has 0 radical (unpaired) electrons. The summed E-state index contributed by atoms with van der Waals surface area (Å²) in [6.45, 7) is 2.01.